The molecule has 4 rings (SSSR count). The van der Waals surface area contributed by atoms with Crippen molar-refractivity contribution in [3.63, 3.8) is 0 Å². The third kappa shape index (κ3) is 1.61. The quantitative estimate of drug-likeness (QED) is 0.847. The van der Waals surface area contributed by atoms with Gasteiger partial charge in [-0.05, 0) is 25.7 Å². The molecule has 8 nitrogen and oxygen atoms in total. The first-order valence-corrected chi connectivity index (χ1v) is 6.97. The molecule has 2 bridgehead atoms. The zero-order chi connectivity index (χ0) is 14.7. The highest BCUT2D eigenvalue weighted by molar-refractivity contribution is 5.84. The number of hydrogen-bond acceptors (Lipinski definition) is 6. The Balaban J connectivity index is 1.77. The van der Waals surface area contributed by atoms with Gasteiger partial charge in [-0.25, -0.2) is 19.4 Å². The summed E-state index contributed by atoms with van der Waals surface area (Å²) in [6.45, 7) is 0. The normalized spacial score (nSPS) is 30.9. The molecule has 0 atom stereocenters. The van der Waals surface area contributed by atoms with Crippen molar-refractivity contribution >= 4 is 22.9 Å². The van der Waals surface area contributed by atoms with Gasteiger partial charge in [-0.15, -0.1) is 0 Å². The molecule has 2 heterocycles. The van der Waals surface area contributed by atoms with E-state index in [0.29, 0.717) is 5.82 Å². The maximum atomic E-state index is 11.1. The minimum atomic E-state index is -0.704. The predicted octanol–water partition coefficient (Wildman–Crippen LogP) is 0.916. The third-order valence-electron chi connectivity index (χ3n) is 4.91. The van der Waals surface area contributed by atoms with Gasteiger partial charge in [0.1, 0.15) is 17.7 Å². The molecule has 0 unspecified atom stereocenters. The molecule has 0 aliphatic heterocycles. The first-order chi connectivity index (χ1) is 10.0. The molecule has 2 fully saturated rings. The van der Waals surface area contributed by atoms with E-state index in [2.05, 4.69) is 15.1 Å². The van der Waals surface area contributed by atoms with Crippen LogP contribution in [0, 0.1) is 0 Å². The van der Waals surface area contributed by atoms with Crippen LogP contribution in [-0.2, 0) is 10.3 Å². The number of carbonyl (C=O) groups excluding carboxylic acids is 1. The van der Waals surface area contributed by atoms with Crippen molar-refractivity contribution in [2.24, 2.45) is 5.73 Å². The second-order valence-electron chi connectivity index (χ2n) is 6.06. The molecular weight excluding hydrogens is 272 g/mol. The zero-order valence-corrected chi connectivity index (χ0v) is 11.5. The molecule has 4 N–H and O–H groups in total. The molecule has 2 aromatic heterocycles. The number of carbonyl (C=O) groups is 1. The highest BCUT2D eigenvalue weighted by Crippen LogP contribution is 2.57. The Morgan fingerprint density at radius 1 is 1.29 bits per heavy atom. The van der Waals surface area contributed by atoms with Gasteiger partial charge >= 0.3 is 6.09 Å². The molecule has 1 amide bonds. The predicted molar refractivity (Wildman–Crippen MR) is 74.2 cm³/mol. The highest BCUT2D eigenvalue weighted by Gasteiger charge is 2.58. The fraction of sp³-hybridized carbons (Fsp3) is 0.538. The van der Waals surface area contributed by atoms with Crippen molar-refractivity contribution in [2.75, 3.05) is 5.73 Å². The standard InChI is InChI=1S/C13H16N6O2/c14-9-8-5-18-19(10(8)17-7-16-9)12-1-3-13(6-12,4-2-12)21-11(15)20/h5,7H,1-4,6H2,(H2,15,20)(H2,14,16,17). The number of anilines is 1. The van der Waals surface area contributed by atoms with Crippen molar-refractivity contribution in [1.82, 2.24) is 19.7 Å². The summed E-state index contributed by atoms with van der Waals surface area (Å²) >= 11 is 0. The fourth-order valence-electron chi connectivity index (χ4n) is 3.97. The molecular formula is C13H16N6O2. The maximum absolute atomic E-state index is 11.1. The number of nitrogens with zero attached hydrogens (tertiary/aromatic N) is 4. The SMILES string of the molecule is NC(=O)OC12CCC(n3ncc4c(N)ncnc43)(CC1)C2. The molecule has 2 aliphatic rings. The molecule has 0 radical (unpaired) electrons. The lowest BCUT2D eigenvalue weighted by Crippen LogP contribution is -2.32. The fourth-order valence-corrected chi connectivity index (χ4v) is 3.97. The summed E-state index contributed by atoms with van der Waals surface area (Å²) in [6, 6.07) is 0. The second-order valence-corrected chi connectivity index (χ2v) is 6.06. The molecule has 2 aromatic rings. The zero-order valence-electron chi connectivity index (χ0n) is 11.5. The van der Waals surface area contributed by atoms with E-state index in [1.54, 1.807) is 6.20 Å². The van der Waals surface area contributed by atoms with Crippen LogP contribution in [0.15, 0.2) is 12.5 Å². The van der Waals surface area contributed by atoms with Gasteiger partial charge in [0.2, 0.25) is 0 Å². The molecule has 110 valence electrons. The van der Waals surface area contributed by atoms with Gasteiger partial charge in [0.05, 0.1) is 17.1 Å². The van der Waals surface area contributed by atoms with E-state index < -0.39 is 11.7 Å². The first kappa shape index (κ1) is 12.4. The smallest absolute Gasteiger partial charge is 0.405 e. The molecule has 0 aromatic carbocycles. The Morgan fingerprint density at radius 2 is 2.05 bits per heavy atom. The van der Waals surface area contributed by atoms with Crippen LogP contribution in [0.2, 0.25) is 0 Å². The van der Waals surface area contributed by atoms with Crippen LogP contribution < -0.4 is 11.5 Å². The number of fused-ring (bicyclic) bond motifs is 3. The maximum Gasteiger partial charge on any atom is 0.405 e. The molecule has 0 spiro atoms. The molecule has 2 saturated carbocycles. The summed E-state index contributed by atoms with van der Waals surface area (Å²) in [4.78, 5) is 19.4. The van der Waals surface area contributed by atoms with Crippen molar-refractivity contribution in [3.8, 4) is 0 Å². The lowest BCUT2D eigenvalue weighted by atomic mass is 9.93. The van der Waals surface area contributed by atoms with Crippen LogP contribution in [0.3, 0.4) is 0 Å². The van der Waals surface area contributed by atoms with Crippen molar-refractivity contribution in [3.05, 3.63) is 12.5 Å². The van der Waals surface area contributed by atoms with Crippen LogP contribution in [0.25, 0.3) is 11.0 Å². The van der Waals surface area contributed by atoms with Gasteiger partial charge < -0.3 is 16.2 Å². The van der Waals surface area contributed by atoms with Gasteiger partial charge in [-0.1, -0.05) is 0 Å². The minimum absolute atomic E-state index is 0.169. The summed E-state index contributed by atoms with van der Waals surface area (Å²) in [5, 5.41) is 5.24. The summed E-state index contributed by atoms with van der Waals surface area (Å²) in [5.74, 6) is 0.429. The number of rotatable bonds is 2. The Kier molecular flexibility index (Phi) is 2.26. The summed E-state index contributed by atoms with van der Waals surface area (Å²) in [7, 11) is 0. The second kappa shape index (κ2) is 3.84. The molecule has 2 aliphatic carbocycles. The number of nitrogen functional groups attached to an aromatic ring is 1. The monoisotopic (exact) mass is 288 g/mol. The molecule has 21 heavy (non-hydrogen) atoms. The number of ether oxygens (including phenoxy) is 1. The summed E-state index contributed by atoms with van der Waals surface area (Å²) in [5.41, 5.74) is 11.2. The van der Waals surface area contributed by atoms with E-state index >= 15 is 0 Å². The summed E-state index contributed by atoms with van der Waals surface area (Å²) < 4.78 is 7.32. The first-order valence-electron chi connectivity index (χ1n) is 6.97. The average molecular weight is 288 g/mol. The van der Waals surface area contributed by atoms with E-state index in [0.717, 1.165) is 43.1 Å². The number of nitrogens with two attached hydrogens (primary N) is 2. The van der Waals surface area contributed by atoms with Crippen LogP contribution in [0.5, 0.6) is 0 Å². The van der Waals surface area contributed by atoms with E-state index in [1.807, 2.05) is 4.68 Å². The van der Waals surface area contributed by atoms with Gasteiger partial charge in [-0.3, -0.25) is 0 Å². The van der Waals surface area contributed by atoms with Crippen molar-refractivity contribution < 1.29 is 9.53 Å². The molecule has 8 heteroatoms. The Labute approximate surface area is 120 Å². The minimum Gasteiger partial charge on any atom is -0.443 e. The Morgan fingerprint density at radius 3 is 2.76 bits per heavy atom. The van der Waals surface area contributed by atoms with Crippen LogP contribution in [0.4, 0.5) is 10.6 Å². The van der Waals surface area contributed by atoms with Crippen LogP contribution in [-0.4, -0.2) is 31.4 Å². The Bertz CT molecular complexity index is 731. The number of aromatic nitrogens is 4. The largest absolute Gasteiger partial charge is 0.443 e. The summed E-state index contributed by atoms with van der Waals surface area (Å²) in [6.07, 6.45) is 6.56. The van der Waals surface area contributed by atoms with Gasteiger partial charge in [-0.2, -0.15) is 5.10 Å². The Hall–Kier alpha value is -2.38. The van der Waals surface area contributed by atoms with Crippen molar-refractivity contribution in [2.45, 2.75) is 43.2 Å². The topological polar surface area (TPSA) is 122 Å². The average Bonchev–Trinajstić information content (AvgIpc) is 3.09. The lowest BCUT2D eigenvalue weighted by Gasteiger charge is -2.27. The van der Waals surface area contributed by atoms with Crippen LogP contribution in [0.1, 0.15) is 32.1 Å². The third-order valence-corrected chi connectivity index (χ3v) is 4.91. The number of amides is 1. The van der Waals surface area contributed by atoms with Crippen molar-refractivity contribution in [1.29, 1.82) is 0 Å². The van der Waals surface area contributed by atoms with Gasteiger partial charge in [0.25, 0.3) is 0 Å². The van der Waals surface area contributed by atoms with E-state index in [4.69, 9.17) is 16.2 Å². The van der Waals surface area contributed by atoms with Gasteiger partial charge in [0.15, 0.2) is 5.65 Å². The van der Waals surface area contributed by atoms with E-state index in [-0.39, 0.29) is 5.54 Å². The number of primary amides is 1. The van der Waals surface area contributed by atoms with E-state index in [1.165, 1.54) is 6.33 Å². The van der Waals surface area contributed by atoms with E-state index in [9.17, 15) is 4.79 Å². The number of hydrogen-bond donors (Lipinski definition) is 2. The lowest BCUT2D eigenvalue weighted by molar-refractivity contribution is 0.0251. The molecule has 0 saturated heterocycles. The van der Waals surface area contributed by atoms with Crippen LogP contribution >= 0.6 is 0 Å². The highest BCUT2D eigenvalue weighted by atomic mass is 16.6. The van der Waals surface area contributed by atoms with Gasteiger partial charge in [0, 0.05) is 6.42 Å².